The minimum absolute atomic E-state index is 0.129. The minimum atomic E-state index is -0.129. The number of hydrogen-bond donors (Lipinski definition) is 2. The Morgan fingerprint density at radius 3 is 3.00 bits per heavy atom. The van der Waals surface area contributed by atoms with Crippen molar-refractivity contribution >= 4 is 22.3 Å². The van der Waals surface area contributed by atoms with Crippen LogP contribution in [-0.4, -0.2) is 22.6 Å². The molecule has 3 N–H and O–H groups in total. The van der Waals surface area contributed by atoms with Crippen LogP contribution in [0.2, 0.25) is 0 Å². The number of nitrogens with one attached hydrogen (secondary N) is 1. The molecular formula is C16H20N4O. The molecule has 0 bridgehead atoms. The second-order valence-corrected chi connectivity index (χ2v) is 6.25. The highest BCUT2D eigenvalue weighted by Crippen LogP contribution is 2.41. The van der Waals surface area contributed by atoms with E-state index in [4.69, 9.17) is 5.73 Å². The zero-order valence-corrected chi connectivity index (χ0v) is 12.0. The van der Waals surface area contributed by atoms with Crippen LogP contribution in [0.3, 0.4) is 0 Å². The summed E-state index contributed by atoms with van der Waals surface area (Å²) < 4.78 is 0. The lowest BCUT2D eigenvalue weighted by Crippen LogP contribution is -2.35. The number of hydrogen-bond acceptors (Lipinski definition) is 4. The van der Waals surface area contributed by atoms with Gasteiger partial charge in [-0.2, -0.15) is 0 Å². The van der Waals surface area contributed by atoms with Crippen molar-refractivity contribution in [3.63, 3.8) is 0 Å². The topological polar surface area (TPSA) is 75.0 Å². The van der Waals surface area contributed by atoms with E-state index in [2.05, 4.69) is 14.9 Å². The second-order valence-electron chi connectivity index (χ2n) is 6.25. The molecule has 1 saturated carbocycles. The van der Waals surface area contributed by atoms with Gasteiger partial charge in [0.1, 0.15) is 0 Å². The van der Waals surface area contributed by atoms with Crippen molar-refractivity contribution in [1.82, 2.24) is 9.97 Å². The third-order valence-electron chi connectivity index (χ3n) is 5.11. The molecule has 5 nitrogen and oxygen atoms in total. The van der Waals surface area contributed by atoms with E-state index < -0.39 is 0 Å². The maximum Gasteiger partial charge on any atom is 0.258 e. The maximum atomic E-state index is 11.8. The second kappa shape index (κ2) is 4.76. The lowest BCUT2D eigenvalue weighted by molar-refractivity contribution is 0.342. The Balaban J connectivity index is 1.80. The number of fused-ring (bicyclic) bond motifs is 2. The molecule has 0 spiro atoms. The smallest absolute Gasteiger partial charge is 0.258 e. The molecule has 1 aromatic heterocycles. The molecule has 2 fully saturated rings. The van der Waals surface area contributed by atoms with Crippen molar-refractivity contribution < 1.29 is 0 Å². The van der Waals surface area contributed by atoms with E-state index >= 15 is 0 Å². The fourth-order valence-electron chi connectivity index (χ4n) is 4.07. The molecule has 110 valence electrons. The molecule has 2 aliphatic rings. The Morgan fingerprint density at radius 1 is 1.24 bits per heavy atom. The van der Waals surface area contributed by atoms with E-state index in [1.54, 1.807) is 6.07 Å². The standard InChI is InChI=1S/C16H20N4O/c17-12-7-11-13(18-9-19-16(11)21)8-15(12)20-6-5-10-3-1-2-4-14(10)20/h7-10,14H,1-6,17H2,(H,18,19,21). The summed E-state index contributed by atoms with van der Waals surface area (Å²) >= 11 is 0. The van der Waals surface area contributed by atoms with E-state index in [0.29, 0.717) is 17.1 Å². The summed E-state index contributed by atoms with van der Waals surface area (Å²) in [7, 11) is 0. The van der Waals surface area contributed by atoms with Gasteiger partial charge in [-0.15, -0.1) is 0 Å². The van der Waals surface area contributed by atoms with Gasteiger partial charge in [0.25, 0.3) is 5.56 Å². The quantitative estimate of drug-likeness (QED) is 0.788. The van der Waals surface area contributed by atoms with E-state index in [1.807, 2.05) is 6.07 Å². The van der Waals surface area contributed by atoms with Gasteiger partial charge < -0.3 is 15.6 Å². The number of H-pyrrole nitrogens is 1. The van der Waals surface area contributed by atoms with Gasteiger partial charge in [0.05, 0.1) is 28.6 Å². The summed E-state index contributed by atoms with van der Waals surface area (Å²) in [5.74, 6) is 0.806. The molecule has 2 unspecified atom stereocenters. The minimum Gasteiger partial charge on any atom is -0.397 e. The first-order valence-corrected chi connectivity index (χ1v) is 7.77. The number of nitrogen functional groups attached to an aromatic ring is 1. The molecule has 5 heteroatoms. The Morgan fingerprint density at radius 2 is 2.10 bits per heavy atom. The summed E-state index contributed by atoms with van der Waals surface area (Å²) in [5.41, 5.74) is 8.57. The first-order chi connectivity index (χ1) is 10.2. The first-order valence-electron chi connectivity index (χ1n) is 7.77. The van der Waals surface area contributed by atoms with Crippen LogP contribution in [0.1, 0.15) is 32.1 Å². The van der Waals surface area contributed by atoms with Gasteiger partial charge in [-0.3, -0.25) is 4.79 Å². The molecule has 0 radical (unpaired) electrons. The Kier molecular flexibility index (Phi) is 2.87. The van der Waals surface area contributed by atoms with E-state index in [1.165, 1.54) is 38.4 Å². The van der Waals surface area contributed by atoms with Gasteiger partial charge in [0.15, 0.2) is 0 Å². The third-order valence-corrected chi connectivity index (χ3v) is 5.11. The predicted octanol–water partition coefficient (Wildman–Crippen LogP) is 2.27. The summed E-state index contributed by atoms with van der Waals surface area (Å²) in [6.45, 7) is 1.06. The maximum absolute atomic E-state index is 11.8. The molecule has 0 amide bonds. The van der Waals surface area contributed by atoms with Crippen molar-refractivity contribution in [2.75, 3.05) is 17.2 Å². The van der Waals surface area contributed by atoms with Crippen LogP contribution in [0.15, 0.2) is 23.3 Å². The number of rotatable bonds is 1. The van der Waals surface area contributed by atoms with E-state index in [9.17, 15) is 4.79 Å². The van der Waals surface area contributed by atoms with Crippen LogP contribution in [-0.2, 0) is 0 Å². The number of anilines is 2. The summed E-state index contributed by atoms with van der Waals surface area (Å²) in [6.07, 6.45) is 7.97. The van der Waals surface area contributed by atoms with Crippen LogP contribution >= 0.6 is 0 Å². The zero-order chi connectivity index (χ0) is 14.4. The Bertz CT molecular complexity index is 739. The molecule has 1 saturated heterocycles. The molecule has 1 aromatic carbocycles. The average Bonchev–Trinajstić information content (AvgIpc) is 2.92. The van der Waals surface area contributed by atoms with Gasteiger partial charge in [-0.25, -0.2) is 4.98 Å². The number of nitrogens with two attached hydrogens (primary N) is 1. The van der Waals surface area contributed by atoms with E-state index in [0.717, 1.165) is 23.7 Å². The molecular weight excluding hydrogens is 264 g/mol. The summed E-state index contributed by atoms with van der Waals surface area (Å²) in [6, 6.07) is 4.37. The fourth-order valence-corrected chi connectivity index (χ4v) is 4.07. The Hall–Kier alpha value is -2.04. The van der Waals surface area contributed by atoms with Crippen molar-refractivity contribution in [3.8, 4) is 0 Å². The number of benzene rings is 1. The summed E-state index contributed by atoms with van der Waals surface area (Å²) in [4.78, 5) is 21.2. The van der Waals surface area contributed by atoms with Crippen LogP contribution < -0.4 is 16.2 Å². The third kappa shape index (κ3) is 1.99. The lowest BCUT2D eigenvalue weighted by Gasteiger charge is -2.33. The normalized spacial score (nSPS) is 25.2. The molecule has 4 rings (SSSR count). The largest absolute Gasteiger partial charge is 0.397 e. The molecule has 2 atom stereocenters. The SMILES string of the molecule is Nc1cc2c(=O)[nH]cnc2cc1N1CCC2CCCCC21. The molecule has 21 heavy (non-hydrogen) atoms. The van der Waals surface area contributed by atoms with Gasteiger partial charge in [-0.05, 0) is 37.3 Å². The van der Waals surface area contributed by atoms with Crippen LogP contribution in [0.25, 0.3) is 10.9 Å². The highest BCUT2D eigenvalue weighted by molar-refractivity contribution is 5.88. The van der Waals surface area contributed by atoms with Gasteiger partial charge in [0.2, 0.25) is 0 Å². The van der Waals surface area contributed by atoms with Crippen LogP contribution in [0.5, 0.6) is 0 Å². The molecule has 2 heterocycles. The molecule has 1 aliphatic heterocycles. The fraction of sp³-hybridized carbons (Fsp3) is 0.500. The number of aromatic nitrogens is 2. The predicted molar refractivity (Wildman–Crippen MR) is 84.5 cm³/mol. The molecule has 1 aliphatic carbocycles. The van der Waals surface area contributed by atoms with Crippen molar-refractivity contribution in [2.45, 2.75) is 38.1 Å². The average molecular weight is 284 g/mol. The monoisotopic (exact) mass is 284 g/mol. The first kappa shape index (κ1) is 12.7. The molecule has 2 aromatic rings. The Labute approximate surface area is 123 Å². The van der Waals surface area contributed by atoms with E-state index in [-0.39, 0.29) is 5.56 Å². The van der Waals surface area contributed by atoms with Gasteiger partial charge in [-0.1, -0.05) is 12.8 Å². The highest BCUT2D eigenvalue weighted by atomic mass is 16.1. The number of nitrogens with zero attached hydrogens (tertiary/aromatic N) is 2. The van der Waals surface area contributed by atoms with Crippen molar-refractivity contribution in [3.05, 3.63) is 28.8 Å². The number of aromatic amines is 1. The van der Waals surface area contributed by atoms with Crippen molar-refractivity contribution in [2.24, 2.45) is 5.92 Å². The highest BCUT2D eigenvalue weighted by Gasteiger charge is 2.36. The van der Waals surface area contributed by atoms with Crippen LogP contribution in [0.4, 0.5) is 11.4 Å². The van der Waals surface area contributed by atoms with Gasteiger partial charge >= 0.3 is 0 Å². The zero-order valence-electron chi connectivity index (χ0n) is 12.0. The van der Waals surface area contributed by atoms with Crippen molar-refractivity contribution in [1.29, 1.82) is 0 Å². The lowest BCUT2D eigenvalue weighted by atomic mass is 9.85. The van der Waals surface area contributed by atoms with Crippen LogP contribution in [0, 0.1) is 5.92 Å². The summed E-state index contributed by atoms with van der Waals surface area (Å²) in [5, 5.41) is 0.568. The van der Waals surface area contributed by atoms with Gasteiger partial charge in [0, 0.05) is 12.6 Å².